The number of hydrogen-bond acceptors (Lipinski definition) is 4. The third-order valence-electron chi connectivity index (χ3n) is 2.23. The average molecular weight is 173 g/mol. The van der Waals surface area contributed by atoms with E-state index in [1.54, 1.807) is 7.98 Å². The molecule has 1 fully saturated rings. The Morgan fingerprint density at radius 2 is 1.92 bits per heavy atom. The largest absolute Gasteiger partial charge is 0.394 e. The van der Waals surface area contributed by atoms with Crippen LogP contribution >= 0.6 is 0 Å². The molecule has 2 N–H and O–H groups in total. The Kier molecular flexibility index (Phi) is 2.78. The molecule has 5 heteroatoms. The van der Waals surface area contributed by atoms with Crippen molar-refractivity contribution in [3.8, 4) is 0 Å². The molecule has 1 heterocycles. The predicted octanol–water partition coefficient (Wildman–Crippen LogP) is -1.36. The zero-order valence-corrected chi connectivity index (χ0v) is 7.89. The molecule has 70 valence electrons. The number of aliphatic hydroxyl groups is 1. The molecule has 0 spiro atoms. The minimum atomic E-state index is -0.518. The van der Waals surface area contributed by atoms with Crippen molar-refractivity contribution >= 4 is 7.98 Å². The van der Waals surface area contributed by atoms with Gasteiger partial charge in [-0.1, -0.05) is 0 Å². The first-order valence-corrected chi connectivity index (χ1v) is 4.11. The highest BCUT2D eigenvalue weighted by atomic mass is 16.7. The van der Waals surface area contributed by atoms with E-state index >= 15 is 0 Å². The van der Waals surface area contributed by atoms with Gasteiger partial charge in [0.2, 0.25) is 0 Å². The van der Waals surface area contributed by atoms with Crippen molar-refractivity contribution < 1.29 is 14.6 Å². The van der Waals surface area contributed by atoms with Crippen molar-refractivity contribution in [1.29, 1.82) is 0 Å². The minimum Gasteiger partial charge on any atom is -0.394 e. The first-order valence-electron chi connectivity index (χ1n) is 4.11. The van der Waals surface area contributed by atoms with Crippen LogP contribution in [-0.4, -0.2) is 44.2 Å². The zero-order valence-electron chi connectivity index (χ0n) is 7.89. The molecule has 0 aliphatic carbocycles. The average Bonchev–Trinajstić information content (AvgIpc) is 2.06. The van der Waals surface area contributed by atoms with E-state index in [-0.39, 0.29) is 6.61 Å². The molecule has 0 bridgehead atoms. The van der Waals surface area contributed by atoms with Gasteiger partial charge in [-0.15, -0.1) is 0 Å². The van der Waals surface area contributed by atoms with E-state index in [1.165, 1.54) is 0 Å². The highest BCUT2D eigenvalue weighted by molar-refractivity contribution is 6.05. The number of rotatable bonds is 2. The summed E-state index contributed by atoms with van der Waals surface area (Å²) in [5.74, 6) is -0.518. The van der Waals surface area contributed by atoms with Crippen LogP contribution in [0.1, 0.15) is 13.8 Å². The maximum Gasteiger partial charge on any atom is 0.182 e. The Bertz CT molecular complexity index is 147. The Morgan fingerprint density at radius 1 is 1.42 bits per heavy atom. The van der Waals surface area contributed by atoms with Gasteiger partial charge in [0.15, 0.2) is 13.8 Å². The maximum absolute atomic E-state index is 9.09. The van der Waals surface area contributed by atoms with Crippen LogP contribution in [-0.2, 0) is 9.47 Å². The molecule has 1 rings (SSSR count). The number of ether oxygens (including phenoxy) is 2. The molecule has 0 aromatic rings. The van der Waals surface area contributed by atoms with Crippen molar-refractivity contribution in [3.05, 3.63) is 0 Å². The predicted molar refractivity (Wildman–Crippen MR) is 47.5 cm³/mol. The van der Waals surface area contributed by atoms with Crippen LogP contribution in [0.4, 0.5) is 0 Å². The summed E-state index contributed by atoms with van der Waals surface area (Å²) in [6.07, 6.45) is 0. The quantitative estimate of drug-likeness (QED) is 0.506. The maximum atomic E-state index is 9.09. The summed E-state index contributed by atoms with van der Waals surface area (Å²) in [6, 6.07) is 0. The molecule has 1 aliphatic rings. The molecular formula is C7H16BNO3. The smallest absolute Gasteiger partial charge is 0.182 e. The van der Waals surface area contributed by atoms with Crippen molar-refractivity contribution in [2.75, 3.05) is 19.8 Å². The van der Waals surface area contributed by atoms with Gasteiger partial charge in [0.05, 0.1) is 25.4 Å². The van der Waals surface area contributed by atoms with Crippen LogP contribution in [0, 0.1) is 0 Å². The number of hydrogen-bond donors (Lipinski definition) is 2. The summed E-state index contributed by atoms with van der Waals surface area (Å²) in [5, 5.41) is 12.1. The fourth-order valence-electron chi connectivity index (χ4n) is 1.02. The third kappa shape index (κ3) is 1.98. The van der Waals surface area contributed by atoms with Gasteiger partial charge in [0.25, 0.3) is 0 Å². The molecule has 0 aromatic heterocycles. The monoisotopic (exact) mass is 173 g/mol. The van der Waals surface area contributed by atoms with Crippen molar-refractivity contribution in [2.24, 2.45) is 0 Å². The molecule has 0 amide bonds. The molecule has 4 nitrogen and oxygen atoms in total. The normalized spacial score (nSPS) is 26.9. The zero-order chi connectivity index (χ0) is 9.24. The van der Waals surface area contributed by atoms with Crippen LogP contribution in [0.25, 0.3) is 0 Å². The highest BCUT2D eigenvalue weighted by Gasteiger charge is 2.38. The Hall–Kier alpha value is -0.0951. The molecule has 1 aliphatic heterocycles. The van der Waals surface area contributed by atoms with Crippen LogP contribution in [0.3, 0.4) is 0 Å². The highest BCUT2D eigenvalue weighted by Crippen LogP contribution is 2.22. The first kappa shape index (κ1) is 9.99. The lowest BCUT2D eigenvalue weighted by molar-refractivity contribution is -0.272. The van der Waals surface area contributed by atoms with E-state index in [4.69, 9.17) is 14.6 Å². The molecule has 1 saturated heterocycles. The van der Waals surface area contributed by atoms with E-state index in [0.29, 0.717) is 13.2 Å². The summed E-state index contributed by atoms with van der Waals surface area (Å²) < 4.78 is 10.8. The number of aliphatic hydroxyl groups excluding tert-OH is 1. The number of nitrogens with one attached hydrogen (secondary N) is 1. The molecule has 0 unspecified atom stereocenters. The topological polar surface area (TPSA) is 50.7 Å². The van der Waals surface area contributed by atoms with Gasteiger partial charge in [0.1, 0.15) is 0 Å². The summed E-state index contributed by atoms with van der Waals surface area (Å²) in [4.78, 5) is 0. The van der Waals surface area contributed by atoms with Gasteiger partial charge in [-0.05, 0) is 13.8 Å². The van der Waals surface area contributed by atoms with Gasteiger partial charge in [-0.25, -0.2) is 0 Å². The van der Waals surface area contributed by atoms with E-state index in [2.05, 4.69) is 5.23 Å². The summed E-state index contributed by atoms with van der Waals surface area (Å²) in [7, 11) is 1.79. The van der Waals surface area contributed by atoms with Crippen LogP contribution in [0.15, 0.2) is 0 Å². The van der Waals surface area contributed by atoms with Gasteiger partial charge < -0.3 is 19.8 Å². The summed E-state index contributed by atoms with van der Waals surface area (Å²) >= 11 is 0. The molecular weight excluding hydrogens is 157 g/mol. The SMILES string of the molecule is BNC1(CO)COC(C)(C)OC1. The third-order valence-corrected chi connectivity index (χ3v) is 2.23. The Labute approximate surface area is 73.7 Å². The molecule has 0 atom stereocenters. The van der Waals surface area contributed by atoms with Gasteiger partial charge in [-0.2, -0.15) is 0 Å². The Balaban J connectivity index is 2.53. The molecule has 0 saturated carbocycles. The molecule has 0 radical (unpaired) electrons. The molecule has 12 heavy (non-hydrogen) atoms. The van der Waals surface area contributed by atoms with Crippen molar-refractivity contribution in [3.63, 3.8) is 0 Å². The second-order valence-electron chi connectivity index (χ2n) is 3.67. The molecule has 0 aromatic carbocycles. The van der Waals surface area contributed by atoms with E-state index in [9.17, 15) is 0 Å². The van der Waals surface area contributed by atoms with Crippen LogP contribution < -0.4 is 5.23 Å². The van der Waals surface area contributed by atoms with Crippen molar-refractivity contribution in [2.45, 2.75) is 25.2 Å². The van der Waals surface area contributed by atoms with E-state index < -0.39 is 11.3 Å². The van der Waals surface area contributed by atoms with Gasteiger partial charge in [-0.3, -0.25) is 0 Å². The summed E-state index contributed by atoms with van der Waals surface area (Å²) in [6.45, 7) is 4.72. The fourth-order valence-corrected chi connectivity index (χ4v) is 1.02. The lowest BCUT2D eigenvalue weighted by atomic mass is 9.99. The summed E-state index contributed by atoms with van der Waals surface area (Å²) in [5.41, 5.74) is -0.421. The van der Waals surface area contributed by atoms with Crippen molar-refractivity contribution in [1.82, 2.24) is 5.23 Å². The lowest BCUT2D eigenvalue weighted by Gasteiger charge is -2.42. The minimum absolute atomic E-state index is 0.0274. The fraction of sp³-hybridized carbons (Fsp3) is 1.00. The second kappa shape index (κ2) is 3.34. The van der Waals surface area contributed by atoms with Crippen LogP contribution in [0.2, 0.25) is 0 Å². The lowest BCUT2D eigenvalue weighted by Crippen LogP contribution is -2.61. The van der Waals surface area contributed by atoms with E-state index in [1.807, 2.05) is 13.8 Å². The van der Waals surface area contributed by atoms with Gasteiger partial charge in [0, 0.05) is 0 Å². The Morgan fingerprint density at radius 3 is 2.25 bits per heavy atom. The van der Waals surface area contributed by atoms with E-state index in [0.717, 1.165) is 0 Å². The standard InChI is InChI=1S/C7H16BNO3/c1-6(2)11-4-7(3-10,9-8)5-12-6/h9-10H,3-5,8H2,1-2H3. The van der Waals surface area contributed by atoms with Crippen LogP contribution in [0.5, 0.6) is 0 Å². The second-order valence-corrected chi connectivity index (χ2v) is 3.67. The van der Waals surface area contributed by atoms with Gasteiger partial charge >= 0.3 is 0 Å². The first-order chi connectivity index (χ1) is 5.54.